The maximum atomic E-state index is 11.3. The molecule has 0 aliphatic carbocycles. The van der Waals surface area contributed by atoms with Gasteiger partial charge in [-0.25, -0.2) is 21.6 Å². The van der Waals surface area contributed by atoms with Crippen molar-refractivity contribution in [2.45, 2.75) is 9.79 Å². The van der Waals surface area contributed by atoms with E-state index < -0.39 is 25.0 Å². The van der Waals surface area contributed by atoms with Gasteiger partial charge in [-0.1, -0.05) is 6.07 Å². The molecule has 9 heteroatoms. The second kappa shape index (κ2) is 5.58. The predicted molar refractivity (Wildman–Crippen MR) is 50.7 cm³/mol. The molecule has 6 nitrogen and oxygen atoms in total. The topological polar surface area (TPSA) is 103 Å². The first-order valence-electron chi connectivity index (χ1n) is 3.77. The van der Waals surface area contributed by atoms with Crippen molar-refractivity contribution in [3.8, 4) is 0 Å². The monoisotopic (exact) mass is 273 g/mol. The Morgan fingerprint density at radius 3 is 2.06 bits per heavy atom. The van der Waals surface area contributed by atoms with Gasteiger partial charge in [0.1, 0.15) is 10.1 Å². The molecule has 0 amide bonds. The van der Waals surface area contributed by atoms with E-state index >= 15 is 0 Å². The molecule has 0 aromatic heterocycles. The third-order valence-electron chi connectivity index (χ3n) is 1.67. The summed E-state index contributed by atoms with van der Waals surface area (Å²) in [6.07, 6.45) is 0. The molecule has 0 heterocycles. The normalized spacial score (nSPS) is 11.9. The van der Waals surface area contributed by atoms with Crippen LogP contribution in [0.25, 0.3) is 0 Å². The Hall–Kier alpha value is 0.0400. The van der Waals surface area contributed by atoms with Crippen LogP contribution in [0.2, 0.25) is 0 Å². The standard InChI is InChI=1S/C7H9NO5S2.Na/c1-8-14(9,10)6-3-2-4-7(5-6)15(11,12)13;/h2-5,8H,1H3,(H,11,12,13);/q;+1/p-1. The Balaban J connectivity index is 0.00000225. The van der Waals surface area contributed by atoms with E-state index in [1.54, 1.807) is 0 Å². The number of hydrogen-bond donors (Lipinski definition) is 1. The van der Waals surface area contributed by atoms with Gasteiger partial charge in [-0.3, -0.25) is 0 Å². The molecule has 16 heavy (non-hydrogen) atoms. The summed E-state index contributed by atoms with van der Waals surface area (Å²) in [5, 5.41) is 0. The average Bonchev–Trinajstić information content (AvgIpc) is 2.17. The van der Waals surface area contributed by atoms with Gasteiger partial charge in [0, 0.05) is 0 Å². The molecule has 1 aromatic rings. The fraction of sp³-hybridized carbons (Fsp3) is 0.143. The van der Waals surface area contributed by atoms with E-state index in [2.05, 4.69) is 0 Å². The predicted octanol–water partition coefficient (Wildman–Crippen LogP) is -3.50. The van der Waals surface area contributed by atoms with Gasteiger partial charge in [0.2, 0.25) is 10.0 Å². The molecular weight excluding hydrogens is 265 g/mol. The Morgan fingerprint density at radius 1 is 1.12 bits per heavy atom. The third-order valence-corrected chi connectivity index (χ3v) is 3.92. The van der Waals surface area contributed by atoms with Crippen LogP contribution in [-0.2, 0) is 20.1 Å². The average molecular weight is 273 g/mol. The molecule has 1 aromatic carbocycles. The minimum atomic E-state index is -4.64. The van der Waals surface area contributed by atoms with Gasteiger partial charge in [0.15, 0.2) is 0 Å². The summed E-state index contributed by atoms with van der Waals surface area (Å²) < 4.78 is 56.4. The van der Waals surface area contributed by atoms with Crippen LogP contribution >= 0.6 is 0 Å². The molecule has 1 N–H and O–H groups in total. The van der Waals surface area contributed by atoms with Gasteiger partial charge in [-0.2, -0.15) is 0 Å². The summed E-state index contributed by atoms with van der Waals surface area (Å²) in [6.45, 7) is 0. The molecule has 0 radical (unpaired) electrons. The van der Waals surface area contributed by atoms with Crippen molar-refractivity contribution in [2.75, 3.05) is 7.05 Å². The summed E-state index contributed by atoms with van der Waals surface area (Å²) in [5.74, 6) is 0. The number of rotatable bonds is 3. The van der Waals surface area contributed by atoms with Crippen LogP contribution in [0.4, 0.5) is 0 Å². The van der Waals surface area contributed by atoms with Crippen molar-refractivity contribution in [3.63, 3.8) is 0 Å². The maximum absolute atomic E-state index is 11.3. The minimum Gasteiger partial charge on any atom is -0.744 e. The Labute approximate surface area is 116 Å². The molecule has 0 atom stereocenters. The Morgan fingerprint density at radius 2 is 1.62 bits per heavy atom. The van der Waals surface area contributed by atoms with E-state index in [1.165, 1.54) is 19.2 Å². The van der Waals surface area contributed by atoms with Crippen molar-refractivity contribution in [3.05, 3.63) is 24.3 Å². The largest absolute Gasteiger partial charge is 1.00 e. The van der Waals surface area contributed by atoms with Gasteiger partial charge in [0.05, 0.1) is 9.79 Å². The van der Waals surface area contributed by atoms with Crippen molar-refractivity contribution < 1.29 is 50.9 Å². The van der Waals surface area contributed by atoms with Crippen molar-refractivity contribution in [2.24, 2.45) is 0 Å². The van der Waals surface area contributed by atoms with Gasteiger partial charge in [0.25, 0.3) is 0 Å². The molecular formula is C7H8NNaO5S2. The number of nitrogens with one attached hydrogen (secondary N) is 1. The molecule has 0 saturated heterocycles. The second-order valence-electron chi connectivity index (χ2n) is 2.64. The smallest absolute Gasteiger partial charge is 0.744 e. The molecule has 0 unspecified atom stereocenters. The summed E-state index contributed by atoms with van der Waals surface area (Å²) in [7, 11) is -7.18. The second-order valence-corrected chi connectivity index (χ2v) is 5.90. The van der Waals surface area contributed by atoms with Crippen LogP contribution in [0.3, 0.4) is 0 Å². The zero-order valence-corrected chi connectivity index (χ0v) is 12.3. The minimum absolute atomic E-state index is 0. The molecule has 0 bridgehead atoms. The first-order chi connectivity index (χ1) is 6.77. The summed E-state index contributed by atoms with van der Waals surface area (Å²) in [4.78, 5) is -0.833. The number of hydrogen-bond acceptors (Lipinski definition) is 5. The van der Waals surface area contributed by atoms with Crippen LogP contribution in [-0.4, -0.2) is 28.4 Å². The van der Waals surface area contributed by atoms with Crippen molar-refractivity contribution in [1.82, 2.24) is 4.72 Å². The molecule has 0 aliphatic rings. The van der Waals surface area contributed by atoms with Crippen molar-refractivity contribution in [1.29, 1.82) is 0 Å². The first kappa shape index (κ1) is 16.0. The SMILES string of the molecule is CNS(=O)(=O)c1cccc(S(=O)(=O)[O-])c1.[Na+]. The van der Waals surface area contributed by atoms with Gasteiger partial charge in [-0.15, -0.1) is 0 Å². The molecule has 0 aliphatic heterocycles. The van der Waals surface area contributed by atoms with E-state index in [1.807, 2.05) is 4.72 Å². The molecule has 0 fully saturated rings. The van der Waals surface area contributed by atoms with E-state index in [0.29, 0.717) is 0 Å². The van der Waals surface area contributed by atoms with E-state index in [4.69, 9.17) is 0 Å². The van der Waals surface area contributed by atoms with Crippen LogP contribution in [0, 0.1) is 0 Å². The van der Waals surface area contributed by atoms with Gasteiger partial charge < -0.3 is 4.55 Å². The maximum Gasteiger partial charge on any atom is 1.00 e. The number of sulfonamides is 1. The fourth-order valence-electron chi connectivity index (χ4n) is 0.915. The van der Waals surface area contributed by atoms with Crippen LogP contribution in [0.5, 0.6) is 0 Å². The molecule has 0 spiro atoms. The van der Waals surface area contributed by atoms with E-state index in [-0.39, 0.29) is 34.5 Å². The van der Waals surface area contributed by atoms with Gasteiger partial charge >= 0.3 is 29.6 Å². The summed E-state index contributed by atoms with van der Waals surface area (Å²) >= 11 is 0. The fourth-order valence-corrected chi connectivity index (χ4v) is 2.28. The van der Waals surface area contributed by atoms with E-state index in [9.17, 15) is 21.4 Å². The summed E-state index contributed by atoms with van der Waals surface area (Å²) in [5.41, 5.74) is 0. The molecule has 1 rings (SSSR count). The summed E-state index contributed by atoms with van der Waals surface area (Å²) in [6, 6.07) is 4.24. The zero-order valence-electron chi connectivity index (χ0n) is 8.67. The Kier molecular flexibility index (Phi) is 5.60. The van der Waals surface area contributed by atoms with Crippen LogP contribution < -0.4 is 34.3 Å². The van der Waals surface area contributed by atoms with Crippen LogP contribution in [0.1, 0.15) is 0 Å². The van der Waals surface area contributed by atoms with E-state index in [0.717, 1.165) is 12.1 Å². The number of benzene rings is 1. The zero-order chi connectivity index (χ0) is 11.7. The third kappa shape index (κ3) is 3.81. The molecule has 84 valence electrons. The van der Waals surface area contributed by atoms with Crippen LogP contribution in [0.15, 0.2) is 34.1 Å². The molecule has 0 saturated carbocycles. The first-order valence-corrected chi connectivity index (χ1v) is 6.66. The van der Waals surface area contributed by atoms with Crippen molar-refractivity contribution >= 4 is 20.1 Å². The quantitative estimate of drug-likeness (QED) is 0.455. The van der Waals surface area contributed by atoms with Gasteiger partial charge in [-0.05, 0) is 25.2 Å². The Bertz CT molecular complexity index is 566.